The van der Waals surface area contributed by atoms with Crippen molar-refractivity contribution < 1.29 is 9.59 Å². The monoisotopic (exact) mass is 349 g/mol. The Kier molecular flexibility index (Phi) is 5.19. The minimum atomic E-state index is -0.163. The van der Waals surface area contributed by atoms with Crippen LogP contribution in [-0.2, 0) is 4.79 Å². The number of rotatable bonds is 4. The lowest BCUT2D eigenvalue weighted by Crippen LogP contribution is -2.30. The largest absolute Gasteiger partial charge is 0.351 e. The van der Waals surface area contributed by atoms with E-state index < -0.39 is 0 Å². The van der Waals surface area contributed by atoms with Crippen molar-refractivity contribution in [1.29, 1.82) is 0 Å². The van der Waals surface area contributed by atoms with E-state index in [0.717, 1.165) is 28.9 Å². The molecular weight excluding hydrogens is 326 g/mol. The fraction of sp³-hybridized carbons (Fsp3) is 0.238. The summed E-state index contributed by atoms with van der Waals surface area (Å²) in [7, 11) is 5.69. The van der Waals surface area contributed by atoms with E-state index in [1.807, 2.05) is 61.5 Å². The van der Waals surface area contributed by atoms with Gasteiger partial charge in [-0.25, -0.2) is 0 Å². The van der Waals surface area contributed by atoms with E-state index in [-0.39, 0.29) is 11.8 Å². The number of hydrogen-bond acceptors (Lipinski definition) is 3. The lowest BCUT2D eigenvalue weighted by Gasteiger charge is -2.17. The molecule has 1 N–H and O–H groups in total. The Balaban J connectivity index is 2.07. The standard InChI is InChI=1S/C21H23N3O2/c1-23(2)13-12-22-20(25)14-18-15-8-4-5-10-17(15)21(26)24(3)19-11-7-6-9-16(18)19/h4-11,14H,12-13H2,1-3H3,(H,22,25)/b18-14-. The number of hydrogen-bond donors (Lipinski definition) is 1. The summed E-state index contributed by atoms with van der Waals surface area (Å²) < 4.78 is 0. The van der Waals surface area contributed by atoms with Gasteiger partial charge in [0.1, 0.15) is 0 Å². The molecule has 0 aliphatic carbocycles. The molecule has 2 amide bonds. The highest BCUT2D eigenvalue weighted by Crippen LogP contribution is 2.37. The molecule has 1 aliphatic heterocycles. The molecule has 2 aromatic carbocycles. The van der Waals surface area contributed by atoms with Gasteiger partial charge in [-0.15, -0.1) is 0 Å². The highest BCUT2D eigenvalue weighted by Gasteiger charge is 2.27. The van der Waals surface area contributed by atoms with Crippen molar-refractivity contribution in [2.75, 3.05) is 39.1 Å². The van der Waals surface area contributed by atoms with E-state index in [0.29, 0.717) is 12.1 Å². The van der Waals surface area contributed by atoms with E-state index in [1.54, 1.807) is 24.1 Å². The van der Waals surface area contributed by atoms with Gasteiger partial charge in [0.25, 0.3) is 5.91 Å². The molecule has 0 saturated carbocycles. The van der Waals surface area contributed by atoms with Crippen LogP contribution in [0.25, 0.3) is 5.57 Å². The lowest BCUT2D eigenvalue weighted by atomic mass is 9.94. The average molecular weight is 349 g/mol. The predicted octanol–water partition coefficient (Wildman–Crippen LogP) is 2.39. The van der Waals surface area contributed by atoms with E-state index in [9.17, 15) is 9.59 Å². The van der Waals surface area contributed by atoms with Gasteiger partial charge in [-0.1, -0.05) is 36.4 Å². The Morgan fingerprint density at radius 2 is 1.65 bits per heavy atom. The first-order chi connectivity index (χ1) is 12.5. The van der Waals surface area contributed by atoms with Crippen LogP contribution in [0.2, 0.25) is 0 Å². The first-order valence-electron chi connectivity index (χ1n) is 8.60. The second-order valence-electron chi connectivity index (χ2n) is 6.58. The van der Waals surface area contributed by atoms with E-state index in [4.69, 9.17) is 0 Å². The van der Waals surface area contributed by atoms with Crippen LogP contribution in [0, 0.1) is 0 Å². The zero-order valence-electron chi connectivity index (χ0n) is 15.3. The Morgan fingerprint density at radius 1 is 1.04 bits per heavy atom. The van der Waals surface area contributed by atoms with Gasteiger partial charge < -0.3 is 15.1 Å². The minimum absolute atomic E-state index is 0.0792. The van der Waals surface area contributed by atoms with Crippen LogP contribution in [0.1, 0.15) is 21.5 Å². The summed E-state index contributed by atoms with van der Waals surface area (Å²) >= 11 is 0. The lowest BCUT2D eigenvalue weighted by molar-refractivity contribution is -0.116. The summed E-state index contributed by atoms with van der Waals surface area (Å²) in [6, 6.07) is 15.1. The van der Waals surface area contributed by atoms with Crippen molar-refractivity contribution in [3.05, 3.63) is 71.3 Å². The Hall–Kier alpha value is -2.92. The molecule has 134 valence electrons. The van der Waals surface area contributed by atoms with E-state index in [2.05, 4.69) is 5.32 Å². The van der Waals surface area contributed by atoms with Gasteiger partial charge in [0.15, 0.2) is 0 Å². The van der Waals surface area contributed by atoms with E-state index in [1.165, 1.54) is 0 Å². The summed E-state index contributed by atoms with van der Waals surface area (Å²) in [5.41, 5.74) is 3.80. The number of fused-ring (bicyclic) bond motifs is 2. The number of amides is 2. The molecule has 1 heterocycles. The van der Waals surface area contributed by atoms with Gasteiger partial charge >= 0.3 is 0 Å². The van der Waals surface area contributed by atoms with Crippen LogP contribution in [0.5, 0.6) is 0 Å². The van der Waals surface area contributed by atoms with Crippen molar-refractivity contribution in [2.45, 2.75) is 0 Å². The number of carbonyl (C=O) groups is 2. The van der Waals surface area contributed by atoms with Crippen LogP contribution >= 0.6 is 0 Å². The van der Waals surface area contributed by atoms with Crippen molar-refractivity contribution in [3.8, 4) is 0 Å². The van der Waals surface area contributed by atoms with Crippen molar-refractivity contribution >= 4 is 23.1 Å². The van der Waals surface area contributed by atoms with Crippen LogP contribution in [-0.4, -0.2) is 50.9 Å². The van der Waals surface area contributed by atoms with Gasteiger partial charge in [-0.2, -0.15) is 0 Å². The molecule has 1 aliphatic rings. The van der Waals surface area contributed by atoms with Gasteiger partial charge in [0.05, 0.1) is 5.69 Å². The van der Waals surface area contributed by atoms with Gasteiger partial charge in [-0.3, -0.25) is 9.59 Å². The molecule has 0 radical (unpaired) electrons. The molecule has 0 bridgehead atoms. The second kappa shape index (κ2) is 7.54. The maximum atomic E-state index is 12.9. The number of likely N-dealkylation sites (N-methyl/N-ethyl adjacent to an activating group) is 1. The van der Waals surface area contributed by atoms with Crippen LogP contribution in [0.3, 0.4) is 0 Å². The molecule has 3 rings (SSSR count). The second-order valence-corrected chi connectivity index (χ2v) is 6.58. The number of carbonyl (C=O) groups excluding carboxylic acids is 2. The van der Waals surface area contributed by atoms with Crippen LogP contribution < -0.4 is 10.2 Å². The smallest absolute Gasteiger partial charge is 0.258 e. The SMILES string of the molecule is CN(C)CCNC(=O)/C=C1/c2ccccc2C(=O)N(C)c2ccccc21. The van der Waals surface area contributed by atoms with Crippen molar-refractivity contribution in [1.82, 2.24) is 10.2 Å². The molecule has 5 heteroatoms. The minimum Gasteiger partial charge on any atom is -0.351 e. The number of nitrogens with one attached hydrogen (secondary N) is 1. The fourth-order valence-electron chi connectivity index (χ4n) is 3.07. The molecule has 0 spiro atoms. The van der Waals surface area contributed by atoms with Gasteiger partial charge in [0, 0.05) is 37.3 Å². The number of nitrogens with zero attached hydrogens (tertiary/aromatic N) is 2. The number of benzene rings is 2. The summed E-state index contributed by atoms with van der Waals surface area (Å²) in [6.45, 7) is 1.33. The summed E-state index contributed by atoms with van der Waals surface area (Å²) in [5.74, 6) is -0.243. The van der Waals surface area contributed by atoms with Gasteiger partial charge in [0.2, 0.25) is 5.91 Å². The molecule has 26 heavy (non-hydrogen) atoms. The van der Waals surface area contributed by atoms with E-state index >= 15 is 0 Å². The first kappa shape index (κ1) is 17.9. The highest BCUT2D eigenvalue weighted by molar-refractivity contribution is 6.15. The zero-order valence-corrected chi connectivity index (χ0v) is 15.3. The highest BCUT2D eigenvalue weighted by atomic mass is 16.2. The Bertz CT molecular complexity index is 871. The third-order valence-corrected chi connectivity index (χ3v) is 4.44. The molecular formula is C21H23N3O2. The van der Waals surface area contributed by atoms with Crippen molar-refractivity contribution in [3.63, 3.8) is 0 Å². The molecule has 0 atom stereocenters. The fourth-order valence-corrected chi connectivity index (χ4v) is 3.07. The topological polar surface area (TPSA) is 52.7 Å². The molecule has 5 nitrogen and oxygen atoms in total. The molecule has 0 saturated heterocycles. The maximum absolute atomic E-state index is 12.9. The maximum Gasteiger partial charge on any atom is 0.258 e. The van der Waals surface area contributed by atoms with Gasteiger partial charge in [-0.05, 0) is 37.4 Å². The van der Waals surface area contributed by atoms with Crippen LogP contribution in [0.15, 0.2) is 54.6 Å². The predicted molar refractivity (Wildman–Crippen MR) is 104 cm³/mol. The average Bonchev–Trinajstić information content (AvgIpc) is 2.72. The van der Waals surface area contributed by atoms with Crippen molar-refractivity contribution in [2.24, 2.45) is 0 Å². The molecule has 0 unspecified atom stereocenters. The third kappa shape index (κ3) is 3.53. The quantitative estimate of drug-likeness (QED) is 0.863. The molecule has 0 aromatic heterocycles. The first-order valence-corrected chi connectivity index (χ1v) is 8.60. The Labute approximate surface area is 153 Å². The molecule has 0 fully saturated rings. The zero-order chi connectivity index (χ0) is 18.7. The summed E-state index contributed by atoms with van der Waals surface area (Å²) in [5, 5.41) is 2.91. The normalized spacial score (nSPS) is 14.8. The number of anilines is 1. The molecule has 2 aromatic rings. The Morgan fingerprint density at radius 3 is 2.35 bits per heavy atom. The number of para-hydroxylation sites is 1. The summed E-state index contributed by atoms with van der Waals surface area (Å²) in [4.78, 5) is 29.0. The summed E-state index contributed by atoms with van der Waals surface area (Å²) in [6.07, 6.45) is 1.60. The van der Waals surface area contributed by atoms with Crippen LogP contribution in [0.4, 0.5) is 5.69 Å². The third-order valence-electron chi connectivity index (χ3n) is 4.44.